The SMILES string of the molecule is CNc1nc(N2CC(C)N(C)C(C)C2)c2cc(C)sc2n1. The van der Waals surface area contributed by atoms with E-state index in [4.69, 9.17) is 4.98 Å². The maximum Gasteiger partial charge on any atom is 0.225 e. The molecule has 1 saturated heterocycles. The van der Waals surface area contributed by atoms with E-state index in [2.05, 4.69) is 54.0 Å². The van der Waals surface area contributed by atoms with E-state index >= 15 is 0 Å². The van der Waals surface area contributed by atoms with Crippen molar-refractivity contribution in [2.75, 3.05) is 37.4 Å². The standard InChI is InChI=1S/C15H23N5S/c1-9-7-20(8-10(2)19(9)5)13-12-6-11(3)21-14(12)18-15(16-4)17-13/h6,9-10H,7-8H2,1-5H3,(H,16,17,18). The summed E-state index contributed by atoms with van der Waals surface area (Å²) in [5.74, 6) is 1.78. The molecule has 0 spiro atoms. The number of hydrogen-bond donors (Lipinski definition) is 1. The van der Waals surface area contributed by atoms with Crippen LogP contribution in [0.3, 0.4) is 0 Å². The summed E-state index contributed by atoms with van der Waals surface area (Å²) >= 11 is 1.73. The number of piperazine rings is 1. The van der Waals surface area contributed by atoms with Crippen LogP contribution in [0.25, 0.3) is 10.2 Å². The highest BCUT2D eigenvalue weighted by Gasteiger charge is 2.28. The molecular formula is C15H23N5S. The van der Waals surface area contributed by atoms with Gasteiger partial charge in [-0.2, -0.15) is 4.98 Å². The molecular weight excluding hydrogens is 282 g/mol. The third-order valence-electron chi connectivity index (χ3n) is 4.38. The number of anilines is 2. The maximum absolute atomic E-state index is 4.74. The number of aromatic nitrogens is 2. The van der Waals surface area contributed by atoms with Gasteiger partial charge in [-0.15, -0.1) is 11.3 Å². The van der Waals surface area contributed by atoms with E-state index in [1.807, 2.05) is 7.05 Å². The van der Waals surface area contributed by atoms with Gasteiger partial charge in [0.05, 0.1) is 5.39 Å². The molecule has 2 aromatic heterocycles. The van der Waals surface area contributed by atoms with Crippen LogP contribution in [-0.2, 0) is 0 Å². The number of aryl methyl sites for hydroxylation is 1. The van der Waals surface area contributed by atoms with E-state index in [-0.39, 0.29) is 0 Å². The Kier molecular flexibility index (Phi) is 3.75. The number of rotatable bonds is 2. The molecule has 2 aromatic rings. The van der Waals surface area contributed by atoms with Crippen molar-refractivity contribution >= 4 is 33.3 Å². The topological polar surface area (TPSA) is 44.3 Å². The van der Waals surface area contributed by atoms with Crippen molar-refractivity contribution in [3.05, 3.63) is 10.9 Å². The molecule has 0 amide bonds. The zero-order valence-corrected chi connectivity index (χ0v) is 14.2. The second-order valence-corrected chi connectivity index (χ2v) is 7.20. The van der Waals surface area contributed by atoms with E-state index in [9.17, 15) is 0 Å². The van der Waals surface area contributed by atoms with E-state index in [1.165, 1.54) is 10.3 Å². The van der Waals surface area contributed by atoms with Gasteiger partial charge in [0.15, 0.2) is 0 Å². The van der Waals surface area contributed by atoms with Crippen molar-refractivity contribution in [2.24, 2.45) is 0 Å². The fourth-order valence-electron chi connectivity index (χ4n) is 2.96. The van der Waals surface area contributed by atoms with Crippen LogP contribution in [0, 0.1) is 6.92 Å². The first-order valence-corrected chi connectivity index (χ1v) is 8.24. The number of fused-ring (bicyclic) bond motifs is 1. The van der Waals surface area contributed by atoms with Crippen molar-refractivity contribution in [3.63, 3.8) is 0 Å². The molecule has 2 unspecified atom stereocenters. The molecule has 1 fully saturated rings. The Bertz CT molecular complexity index is 641. The fourth-order valence-corrected chi connectivity index (χ4v) is 3.83. The predicted molar refractivity (Wildman–Crippen MR) is 90.6 cm³/mol. The summed E-state index contributed by atoms with van der Waals surface area (Å²) in [6.07, 6.45) is 0. The van der Waals surface area contributed by atoms with Crippen LogP contribution in [0.2, 0.25) is 0 Å². The zero-order valence-electron chi connectivity index (χ0n) is 13.3. The van der Waals surface area contributed by atoms with Gasteiger partial charge in [0, 0.05) is 37.1 Å². The highest BCUT2D eigenvalue weighted by atomic mass is 32.1. The molecule has 0 radical (unpaired) electrons. The lowest BCUT2D eigenvalue weighted by Crippen LogP contribution is -2.55. The average Bonchev–Trinajstić information content (AvgIpc) is 2.83. The van der Waals surface area contributed by atoms with Gasteiger partial charge in [-0.25, -0.2) is 4.98 Å². The Labute approximate surface area is 130 Å². The van der Waals surface area contributed by atoms with Crippen LogP contribution in [0.4, 0.5) is 11.8 Å². The van der Waals surface area contributed by atoms with Crippen LogP contribution in [0.1, 0.15) is 18.7 Å². The van der Waals surface area contributed by atoms with Crippen LogP contribution in [0.5, 0.6) is 0 Å². The van der Waals surface area contributed by atoms with E-state index in [0.717, 1.165) is 23.7 Å². The van der Waals surface area contributed by atoms with Crippen molar-refractivity contribution in [3.8, 4) is 0 Å². The third-order valence-corrected chi connectivity index (χ3v) is 5.32. The molecule has 21 heavy (non-hydrogen) atoms. The highest BCUT2D eigenvalue weighted by Crippen LogP contribution is 2.33. The van der Waals surface area contributed by atoms with E-state index < -0.39 is 0 Å². The minimum Gasteiger partial charge on any atom is -0.357 e. The molecule has 0 saturated carbocycles. The first kappa shape index (κ1) is 14.5. The van der Waals surface area contributed by atoms with Gasteiger partial charge in [-0.3, -0.25) is 4.90 Å². The fraction of sp³-hybridized carbons (Fsp3) is 0.600. The minimum atomic E-state index is 0.525. The molecule has 5 nitrogen and oxygen atoms in total. The first-order valence-electron chi connectivity index (χ1n) is 7.42. The molecule has 1 aliphatic rings. The average molecular weight is 305 g/mol. The van der Waals surface area contributed by atoms with Crippen LogP contribution < -0.4 is 10.2 Å². The summed E-state index contributed by atoms with van der Waals surface area (Å²) in [6, 6.07) is 3.26. The molecule has 3 heterocycles. The minimum absolute atomic E-state index is 0.525. The molecule has 0 aromatic carbocycles. The van der Waals surface area contributed by atoms with Crippen molar-refractivity contribution < 1.29 is 0 Å². The Morgan fingerprint density at radius 1 is 1.24 bits per heavy atom. The van der Waals surface area contributed by atoms with E-state index in [1.54, 1.807) is 11.3 Å². The number of hydrogen-bond acceptors (Lipinski definition) is 6. The lowest BCUT2D eigenvalue weighted by molar-refractivity contribution is 0.170. The second kappa shape index (κ2) is 5.42. The summed E-state index contributed by atoms with van der Waals surface area (Å²) in [7, 11) is 4.08. The molecule has 6 heteroatoms. The van der Waals surface area contributed by atoms with Gasteiger partial charge in [-0.1, -0.05) is 0 Å². The summed E-state index contributed by atoms with van der Waals surface area (Å²) in [5, 5.41) is 4.27. The molecule has 3 rings (SSSR count). The van der Waals surface area contributed by atoms with Crippen LogP contribution in [-0.4, -0.2) is 54.1 Å². The normalized spacial score (nSPS) is 23.8. The van der Waals surface area contributed by atoms with Gasteiger partial charge in [-0.05, 0) is 33.9 Å². The van der Waals surface area contributed by atoms with Gasteiger partial charge in [0.1, 0.15) is 10.6 Å². The Morgan fingerprint density at radius 3 is 2.52 bits per heavy atom. The molecule has 1 aliphatic heterocycles. The molecule has 0 aliphatic carbocycles. The monoisotopic (exact) mass is 305 g/mol. The summed E-state index contributed by atoms with van der Waals surface area (Å²) < 4.78 is 0. The van der Waals surface area contributed by atoms with Crippen LogP contribution in [0.15, 0.2) is 6.07 Å². The quantitative estimate of drug-likeness (QED) is 0.924. The van der Waals surface area contributed by atoms with Gasteiger partial charge >= 0.3 is 0 Å². The first-order chi connectivity index (χ1) is 9.99. The third kappa shape index (κ3) is 2.58. The Balaban J connectivity index is 2.06. The van der Waals surface area contributed by atoms with Crippen molar-refractivity contribution in [2.45, 2.75) is 32.9 Å². The number of thiophene rings is 1. The molecule has 2 atom stereocenters. The number of likely N-dealkylation sites (N-methyl/N-ethyl adjacent to an activating group) is 1. The summed E-state index contributed by atoms with van der Waals surface area (Å²) in [5.41, 5.74) is 0. The van der Waals surface area contributed by atoms with Gasteiger partial charge in [0.2, 0.25) is 5.95 Å². The number of nitrogens with zero attached hydrogens (tertiary/aromatic N) is 4. The summed E-state index contributed by atoms with van der Waals surface area (Å²) in [4.78, 5) is 16.5. The maximum atomic E-state index is 4.74. The van der Waals surface area contributed by atoms with E-state index in [0.29, 0.717) is 18.0 Å². The highest BCUT2D eigenvalue weighted by molar-refractivity contribution is 7.18. The smallest absolute Gasteiger partial charge is 0.225 e. The van der Waals surface area contributed by atoms with Crippen LogP contribution >= 0.6 is 11.3 Å². The molecule has 1 N–H and O–H groups in total. The lowest BCUT2D eigenvalue weighted by atomic mass is 10.1. The van der Waals surface area contributed by atoms with Gasteiger partial charge < -0.3 is 10.2 Å². The Hall–Kier alpha value is -1.40. The van der Waals surface area contributed by atoms with Gasteiger partial charge in [0.25, 0.3) is 0 Å². The molecule has 0 bridgehead atoms. The van der Waals surface area contributed by atoms with Crippen molar-refractivity contribution in [1.29, 1.82) is 0 Å². The van der Waals surface area contributed by atoms with Crippen molar-refractivity contribution in [1.82, 2.24) is 14.9 Å². The summed E-state index contributed by atoms with van der Waals surface area (Å²) in [6.45, 7) is 8.69. The predicted octanol–water partition coefficient (Wildman–Crippen LogP) is 2.57. The second-order valence-electron chi connectivity index (χ2n) is 5.97. The lowest BCUT2D eigenvalue weighted by Gasteiger charge is -2.43. The largest absolute Gasteiger partial charge is 0.357 e. The Morgan fingerprint density at radius 2 is 1.90 bits per heavy atom. The number of nitrogens with one attached hydrogen (secondary N) is 1. The zero-order chi connectivity index (χ0) is 15.1. The molecule has 114 valence electrons.